The third kappa shape index (κ3) is 4.16. The second-order valence-corrected chi connectivity index (χ2v) is 7.02. The molecule has 104 valence electrons. The summed E-state index contributed by atoms with van der Waals surface area (Å²) in [5.41, 5.74) is 0. The monoisotopic (exact) mass is 269 g/mol. The molecular weight excluding hydrogens is 242 g/mol. The highest BCUT2D eigenvalue weighted by molar-refractivity contribution is 8.13. The molecule has 4 heteroatoms. The Morgan fingerprint density at radius 2 is 2.06 bits per heavy atom. The Hall–Kier alpha value is -0.220. The smallest absolute Gasteiger partial charge is 0.157 e. The molecule has 2 unspecified atom stereocenters. The number of aliphatic imine (C=N–C) groups is 1. The Balaban J connectivity index is 1.80. The van der Waals surface area contributed by atoms with Crippen molar-refractivity contribution in [3.8, 4) is 0 Å². The summed E-state index contributed by atoms with van der Waals surface area (Å²) in [4.78, 5) is 7.41. The summed E-state index contributed by atoms with van der Waals surface area (Å²) in [6, 6.07) is 1.04. The lowest BCUT2D eigenvalue weighted by molar-refractivity contribution is 0.312. The van der Waals surface area contributed by atoms with E-state index in [1.54, 1.807) is 0 Å². The average Bonchev–Trinajstić information content (AvgIpc) is 2.82. The van der Waals surface area contributed by atoms with Gasteiger partial charge in [-0.1, -0.05) is 25.6 Å². The molecule has 0 spiro atoms. The molecule has 0 aromatic heterocycles. The fourth-order valence-electron chi connectivity index (χ4n) is 2.70. The van der Waals surface area contributed by atoms with Crippen LogP contribution in [0, 0.1) is 5.92 Å². The Morgan fingerprint density at radius 3 is 2.72 bits per heavy atom. The van der Waals surface area contributed by atoms with E-state index in [9.17, 15) is 0 Å². The predicted molar refractivity (Wildman–Crippen MR) is 81.4 cm³/mol. The van der Waals surface area contributed by atoms with Crippen LogP contribution in [-0.4, -0.2) is 47.5 Å². The zero-order valence-electron chi connectivity index (χ0n) is 12.0. The molecule has 1 saturated heterocycles. The van der Waals surface area contributed by atoms with Gasteiger partial charge in [-0.25, -0.2) is 0 Å². The number of thioether (sulfide) groups is 1. The summed E-state index contributed by atoms with van der Waals surface area (Å²) in [7, 11) is 0. The SMILES string of the molecule is CC(CN1CCCC1)NC1=NC(C(C)C)CCS1. The summed E-state index contributed by atoms with van der Waals surface area (Å²) in [5, 5.41) is 4.77. The van der Waals surface area contributed by atoms with Gasteiger partial charge in [0.05, 0.1) is 6.04 Å². The van der Waals surface area contributed by atoms with Crippen LogP contribution >= 0.6 is 11.8 Å². The molecule has 0 amide bonds. The van der Waals surface area contributed by atoms with Gasteiger partial charge in [-0.3, -0.25) is 4.99 Å². The highest BCUT2D eigenvalue weighted by Crippen LogP contribution is 2.21. The van der Waals surface area contributed by atoms with E-state index in [4.69, 9.17) is 4.99 Å². The van der Waals surface area contributed by atoms with E-state index in [2.05, 4.69) is 31.0 Å². The molecule has 2 aliphatic heterocycles. The number of hydrogen-bond donors (Lipinski definition) is 1. The molecular formula is C14H27N3S. The lowest BCUT2D eigenvalue weighted by Gasteiger charge is -2.27. The molecule has 1 N–H and O–H groups in total. The minimum Gasteiger partial charge on any atom is -0.361 e. The second kappa shape index (κ2) is 6.80. The molecule has 1 fully saturated rings. The fourth-order valence-corrected chi connectivity index (χ4v) is 3.75. The number of nitrogens with one attached hydrogen (secondary N) is 1. The number of hydrogen-bond acceptors (Lipinski definition) is 4. The highest BCUT2D eigenvalue weighted by Gasteiger charge is 2.20. The maximum Gasteiger partial charge on any atom is 0.157 e. The van der Waals surface area contributed by atoms with Gasteiger partial charge in [0.2, 0.25) is 0 Å². The minimum atomic E-state index is 0.514. The Labute approximate surface area is 116 Å². The first-order chi connectivity index (χ1) is 8.65. The van der Waals surface area contributed by atoms with E-state index in [1.165, 1.54) is 43.3 Å². The third-order valence-electron chi connectivity index (χ3n) is 3.81. The Morgan fingerprint density at radius 1 is 1.33 bits per heavy atom. The van der Waals surface area contributed by atoms with Gasteiger partial charge in [0.1, 0.15) is 0 Å². The molecule has 0 bridgehead atoms. The first kappa shape index (κ1) is 14.2. The van der Waals surface area contributed by atoms with Gasteiger partial charge in [0, 0.05) is 18.3 Å². The van der Waals surface area contributed by atoms with Crippen LogP contribution in [0.1, 0.15) is 40.0 Å². The number of nitrogens with zero attached hydrogens (tertiary/aromatic N) is 2. The van der Waals surface area contributed by atoms with E-state index in [-0.39, 0.29) is 0 Å². The molecule has 2 aliphatic rings. The van der Waals surface area contributed by atoms with Gasteiger partial charge in [0.25, 0.3) is 0 Å². The van der Waals surface area contributed by atoms with E-state index in [1.807, 2.05) is 11.8 Å². The van der Waals surface area contributed by atoms with Gasteiger partial charge in [-0.05, 0) is 45.2 Å². The third-order valence-corrected chi connectivity index (χ3v) is 4.74. The number of likely N-dealkylation sites (tertiary alicyclic amines) is 1. The molecule has 2 rings (SSSR count). The molecule has 2 heterocycles. The largest absolute Gasteiger partial charge is 0.361 e. The van der Waals surface area contributed by atoms with Crippen molar-refractivity contribution in [3.63, 3.8) is 0 Å². The van der Waals surface area contributed by atoms with E-state index in [0.717, 1.165) is 6.54 Å². The Bertz CT molecular complexity index is 285. The van der Waals surface area contributed by atoms with Crippen LogP contribution in [0.5, 0.6) is 0 Å². The molecule has 3 nitrogen and oxygen atoms in total. The van der Waals surface area contributed by atoms with Crippen LogP contribution in [0.15, 0.2) is 4.99 Å². The van der Waals surface area contributed by atoms with Crippen LogP contribution in [0.2, 0.25) is 0 Å². The van der Waals surface area contributed by atoms with Crippen LogP contribution in [0.3, 0.4) is 0 Å². The highest BCUT2D eigenvalue weighted by atomic mass is 32.2. The lowest BCUT2D eigenvalue weighted by Crippen LogP contribution is -2.41. The zero-order valence-corrected chi connectivity index (χ0v) is 12.8. The first-order valence-corrected chi connectivity index (χ1v) is 8.33. The van der Waals surface area contributed by atoms with Crippen LogP contribution in [-0.2, 0) is 0 Å². The quantitative estimate of drug-likeness (QED) is 0.850. The van der Waals surface area contributed by atoms with Gasteiger partial charge in [0.15, 0.2) is 5.17 Å². The van der Waals surface area contributed by atoms with Crippen molar-refractivity contribution in [2.75, 3.05) is 25.4 Å². The van der Waals surface area contributed by atoms with Crippen molar-refractivity contribution in [1.29, 1.82) is 0 Å². The molecule has 18 heavy (non-hydrogen) atoms. The second-order valence-electron chi connectivity index (χ2n) is 5.94. The van der Waals surface area contributed by atoms with Crippen molar-refractivity contribution >= 4 is 16.9 Å². The topological polar surface area (TPSA) is 27.6 Å². The van der Waals surface area contributed by atoms with Gasteiger partial charge >= 0.3 is 0 Å². The normalized spacial score (nSPS) is 27.3. The Kier molecular flexibility index (Phi) is 5.37. The van der Waals surface area contributed by atoms with E-state index < -0.39 is 0 Å². The van der Waals surface area contributed by atoms with Crippen molar-refractivity contribution in [2.45, 2.75) is 52.1 Å². The molecule has 0 aromatic rings. The van der Waals surface area contributed by atoms with Crippen LogP contribution in [0.25, 0.3) is 0 Å². The lowest BCUT2D eigenvalue weighted by atomic mass is 10.0. The summed E-state index contributed by atoms with van der Waals surface area (Å²) in [5.74, 6) is 1.88. The maximum atomic E-state index is 4.85. The summed E-state index contributed by atoms with van der Waals surface area (Å²) in [6.45, 7) is 10.5. The predicted octanol–water partition coefficient (Wildman–Crippen LogP) is 2.58. The summed E-state index contributed by atoms with van der Waals surface area (Å²) >= 11 is 1.89. The van der Waals surface area contributed by atoms with Gasteiger partial charge < -0.3 is 10.2 Å². The van der Waals surface area contributed by atoms with Crippen molar-refractivity contribution in [1.82, 2.24) is 10.2 Å². The summed E-state index contributed by atoms with van der Waals surface area (Å²) in [6.07, 6.45) is 3.98. The van der Waals surface area contributed by atoms with E-state index in [0.29, 0.717) is 18.0 Å². The molecule has 0 aliphatic carbocycles. The van der Waals surface area contributed by atoms with E-state index >= 15 is 0 Å². The van der Waals surface area contributed by atoms with Gasteiger partial charge in [-0.15, -0.1) is 0 Å². The zero-order chi connectivity index (χ0) is 13.0. The standard InChI is InChI=1S/C14H27N3S/c1-11(2)13-6-9-18-14(16-13)15-12(3)10-17-7-4-5-8-17/h11-13H,4-10H2,1-3H3,(H,15,16). The fraction of sp³-hybridized carbons (Fsp3) is 0.929. The maximum absolute atomic E-state index is 4.85. The van der Waals surface area contributed by atoms with Gasteiger partial charge in [-0.2, -0.15) is 0 Å². The van der Waals surface area contributed by atoms with Crippen molar-refractivity contribution in [3.05, 3.63) is 0 Å². The average molecular weight is 269 g/mol. The molecule has 0 saturated carbocycles. The molecule has 2 atom stereocenters. The molecule has 0 radical (unpaired) electrons. The molecule has 0 aromatic carbocycles. The number of rotatable bonds is 4. The van der Waals surface area contributed by atoms with Crippen molar-refractivity contribution < 1.29 is 0 Å². The minimum absolute atomic E-state index is 0.514. The first-order valence-electron chi connectivity index (χ1n) is 7.34. The van der Waals surface area contributed by atoms with Crippen LogP contribution in [0.4, 0.5) is 0 Å². The summed E-state index contributed by atoms with van der Waals surface area (Å²) < 4.78 is 0. The number of amidine groups is 1. The van der Waals surface area contributed by atoms with Crippen LogP contribution < -0.4 is 5.32 Å². The van der Waals surface area contributed by atoms with Crippen molar-refractivity contribution in [2.24, 2.45) is 10.9 Å².